The van der Waals surface area contributed by atoms with E-state index in [0.717, 1.165) is 25.1 Å². The highest BCUT2D eigenvalue weighted by Gasteiger charge is 2.12. The maximum absolute atomic E-state index is 10.8. The zero-order chi connectivity index (χ0) is 15.0. The summed E-state index contributed by atoms with van der Waals surface area (Å²) >= 11 is 0. The van der Waals surface area contributed by atoms with E-state index in [1.807, 2.05) is 31.2 Å². The van der Waals surface area contributed by atoms with Crippen LogP contribution in [0.5, 0.6) is 0 Å². The summed E-state index contributed by atoms with van der Waals surface area (Å²) in [5.41, 5.74) is 2.15. The Labute approximate surface area is 121 Å². The summed E-state index contributed by atoms with van der Waals surface area (Å²) in [6, 6.07) is 7.99. The van der Waals surface area contributed by atoms with Crippen LogP contribution in [0.4, 0.5) is 0 Å². The number of likely N-dealkylation sites (N-methyl/N-ethyl adjacent to an activating group) is 1. The minimum absolute atomic E-state index is 0.00717. The number of amides is 1. The Morgan fingerprint density at radius 1 is 1.35 bits per heavy atom. The van der Waals surface area contributed by atoms with Crippen molar-refractivity contribution in [1.29, 1.82) is 0 Å². The number of rotatable bonds is 8. The van der Waals surface area contributed by atoms with Crippen LogP contribution in [-0.2, 0) is 4.79 Å². The molecule has 0 saturated heterocycles. The van der Waals surface area contributed by atoms with Crippen LogP contribution in [0.15, 0.2) is 24.3 Å². The first kappa shape index (κ1) is 16.7. The molecule has 0 bridgehead atoms. The molecule has 4 heteroatoms. The van der Waals surface area contributed by atoms with Gasteiger partial charge < -0.3 is 15.3 Å². The molecule has 0 saturated carbocycles. The minimum atomic E-state index is -0.462. The van der Waals surface area contributed by atoms with Gasteiger partial charge in [0, 0.05) is 20.0 Å². The van der Waals surface area contributed by atoms with Crippen molar-refractivity contribution in [2.45, 2.75) is 33.3 Å². The summed E-state index contributed by atoms with van der Waals surface area (Å²) in [5.74, 6) is 0.00717. The van der Waals surface area contributed by atoms with Crippen LogP contribution < -0.4 is 5.32 Å². The molecule has 1 amide bonds. The molecule has 1 atom stereocenters. The third-order valence-electron chi connectivity index (χ3n) is 3.37. The quantitative estimate of drug-likeness (QED) is 0.714. The number of carbonyl (C=O) groups excluding carboxylic acids is 1. The van der Waals surface area contributed by atoms with Gasteiger partial charge in [-0.3, -0.25) is 4.79 Å². The Balaban J connectivity index is 2.38. The van der Waals surface area contributed by atoms with Crippen molar-refractivity contribution in [2.75, 3.05) is 26.2 Å². The molecule has 2 N–H and O–H groups in total. The second-order valence-electron chi connectivity index (χ2n) is 5.16. The zero-order valence-electron chi connectivity index (χ0n) is 12.7. The van der Waals surface area contributed by atoms with Gasteiger partial charge >= 0.3 is 0 Å². The number of aryl methyl sites for hydroxylation is 1. The van der Waals surface area contributed by atoms with Gasteiger partial charge in [0.2, 0.25) is 5.91 Å². The highest BCUT2D eigenvalue weighted by atomic mass is 16.3. The zero-order valence-corrected chi connectivity index (χ0v) is 12.7. The van der Waals surface area contributed by atoms with Gasteiger partial charge in [-0.05, 0) is 32.0 Å². The SMILES string of the molecule is CCN(CCCNC(C)=O)CC(O)c1ccc(C)cc1. The summed E-state index contributed by atoms with van der Waals surface area (Å²) < 4.78 is 0. The van der Waals surface area contributed by atoms with Gasteiger partial charge in [-0.25, -0.2) is 0 Å². The molecule has 0 fully saturated rings. The summed E-state index contributed by atoms with van der Waals surface area (Å²) in [7, 11) is 0. The molecule has 1 rings (SSSR count). The fraction of sp³-hybridized carbons (Fsp3) is 0.562. The van der Waals surface area contributed by atoms with Crippen LogP contribution in [0.3, 0.4) is 0 Å². The highest BCUT2D eigenvalue weighted by Crippen LogP contribution is 2.15. The van der Waals surface area contributed by atoms with Crippen molar-refractivity contribution in [3.05, 3.63) is 35.4 Å². The largest absolute Gasteiger partial charge is 0.387 e. The van der Waals surface area contributed by atoms with Crippen LogP contribution in [-0.4, -0.2) is 42.1 Å². The van der Waals surface area contributed by atoms with E-state index < -0.39 is 6.10 Å². The second kappa shape index (κ2) is 8.72. The lowest BCUT2D eigenvalue weighted by Gasteiger charge is -2.23. The molecule has 1 aromatic carbocycles. The lowest BCUT2D eigenvalue weighted by molar-refractivity contribution is -0.118. The first-order valence-corrected chi connectivity index (χ1v) is 7.24. The first-order chi connectivity index (χ1) is 9.52. The van der Waals surface area contributed by atoms with Gasteiger partial charge in [-0.15, -0.1) is 0 Å². The third-order valence-corrected chi connectivity index (χ3v) is 3.37. The number of hydrogen-bond acceptors (Lipinski definition) is 3. The predicted octanol–water partition coefficient (Wildman–Crippen LogP) is 1.88. The molecule has 0 aliphatic rings. The predicted molar refractivity (Wildman–Crippen MR) is 81.6 cm³/mol. The number of nitrogens with one attached hydrogen (secondary N) is 1. The summed E-state index contributed by atoms with van der Waals surface area (Å²) in [6.45, 7) is 8.73. The molecule has 112 valence electrons. The first-order valence-electron chi connectivity index (χ1n) is 7.24. The number of hydrogen-bond donors (Lipinski definition) is 2. The van der Waals surface area contributed by atoms with Gasteiger partial charge in [0.15, 0.2) is 0 Å². The van der Waals surface area contributed by atoms with Crippen LogP contribution in [0, 0.1) is 6.92 Å². The van der Waals surface area contributed by atoms with E-state index >= 15 is 0 Å². The van der Waals surface area contributed by atoms with Gasteiger partial charge in [-0.1, -0.05) is 36.8 Å². The van der Waals surface area contributed by atoms with Crippen molar-refractivity contribution in [1.82, 2.24) is 10.2 Å². The Morgan fingerprint density at radius 2 is 2.00 bits per heavy atom. The number of nitrogens with zero attached hydrogens (tertiary/aromatic N) is 1. The Kier molecular flexibility index (Phi) is 7.26. The van der Waals surface area contributed by atoms with Gasteiger partial charge in [-0.2, -0.15) is 0 Å². The Hall–Kier alpha value is -1.39. The number of benzene rings is 1. The van der Waals surface area contributed by atoms with Gasteiger partial charge in [0.1, 0.15) is 0 Å². The van der Waals surface area contributed by atoms with Crippen LogP contribution >= 0.6 is 0 Å². The normalized spacial score (nSPS) is 12.4. The van der Waals surface area contributed by atoms with E-state index in [4.69, 9.17) is 0 Å². The molecular weight excluding hydrogens is 252 g/mol. The standard InChI is InChI=1S/C16H26N2O2/c1-4-18(11-5-10-17-14(3)19)12-16(20)15-8-6-13(2)7-9-15/h6-9,16,20H,4-5,10-12H2,1-3H3,(H,17,19). The molecule has 0 aliphatic heterocycles. The molecule has 0 radical (unpaired) electrons. The maximum Gasteiger partial charge on any atom is 0.216 e. The molecule has 20 heavy (non-hydrogen) atoms. The topological polar surface area (TPSA) is 52.6 Å². The van der Waals surface area contributed by atoms with Crippen LogP contribution in [0.1, 0.15) is 37.5 Å². The van der Waals surface area contributed by atoms with Crippen molar-refractivity contribution < 1.29 is 9.90 Å². The number of aliphatic hydroxyl groups is 1. The molecule has 4 nitrogen and oxygen atoms in total. The smallest absolute Gasteiger partial charge is 0.216 e. The third kappa shape index (κ3) is 6.17. The fourth-order valence-corrected chi connectivity index (χ4v) is 2.08. The second-order valence-corrected chi connectivity index (χ2v) is 5.16. The van der Waals surface area contributed by atoms with Crippen LogP contribution in [0.25, 0.3) is 0 Å². The lowest BCUT2D eigenvalue weighted by Crippen LogP contribution is -2.32. The summed E-state index contributed by atoms with van der Waals surface area (Å²) in [5, 5.41) is 13.0. The summed E-state index contributed by atoms with van der Waals surface area (Å²) in [4.78, 5) is 13.0. The van der Waals surface area contributed by atoms with E-state index in [-0.39, 0.29) is 5.91 Å². The van der Waals surface area contributed by atoms with Crippen molar-refractivity contribution in [3.63, 3.8) is 0 Å². The van der Waals surface area contributed by atoms with E-state index in [1.54, 1.807) is 0 Å². The van der Waals surface area contributed by atoms with Gasteiger partial charge in [0.05, 0.1) is 6.10 Å². The molecular formula is C16H26N2O2. The van der Waals surface area contributed by atoms with Crippen molar-refractivity contribution in [3.8, 4) is 0 Å². The van der Waals surface area contributed by atoms with E-state index in [2.05, 4.69) is 17.1 Å². The lowest BCUT2D eigenvalue weighted by atomic mass is 10.1. The van der Waals surface area contributed by atoms with Crippen molar-refractivity contribution in [2.24, 2.45) is 0 Å². The molecule has 1 unspecified atom stereocenters. The van der Waals surface area contributed by atoms with E-state index in [1.165, 1.54) is 12.5 Å². The van der Waals surface area contributed by atoms with E-state index in [0.29, 0.717) is 13.1 Å². The number of carbonyl (C=O) groups is 1. The molecule has 0 spiro atoms. The molecule has 0 heterocycles. The van der Waals surface area contributed by atoms with Crippen molar-refractivity contribution >= 4 is 5.91 Å². The molecule has 0 aromatic heterocycles. The van der Waals surface area contributed by atoms with Crippen LogP contribution in [0.2, 0.25) is 0 Å². The fourth-order valence-electron chi connectivity index (χ4n) is 2.08. The monoisotopic (exact) mass is 278 g/mol. The highest BCUT2D eigenvalue weighted by molar-refractivity contribution is 5.72. The average Bonchev–Trinajstić information content (AvgIpc) is 2.42. The van der Waals surface area contributed by atoms with Gasteiger partial charge in [0.25, 0.3) is 0 Å². The Bertz CT molecular complexity index is 403. The maximum atomic E-state index is 10.8. The van der Waals surface area contributed by atoms with E-state index in [9.17, 15) is 9.90 Å². The number of aliphatic hydroxyl groups excluding tert-OH is 1. The Morgan fingerprint density at radius 3 is 2.55 bits per heavy atom. The molecule has 0 aliphatic carbocycles. The average molecular weight is 278 g/mol. The summed E-state index contributed by atoms with van der Waals surface area (Å²) in [6.07, 6.45) is 0.435. The minimum Gasteiger partial charge on any atom is -0.387 e. The molecule has 1 aromatic rings.